The minimum atomic E-state index is -0.740. The van der Waals surface area contributed by atoms with Crippen LogP contribution >= 0.6 is 0 Å². The molecule has 1 aliphatic rings. The van der Waals surface area contributed by atoms with Crippen LogP contribution in [0.4, 0.5) is 4.79 Å². The summed E-state index contributed by atoms with van der Waals surface area (Å²) < 4.78 is 10.9. The number of aryl methyl sites for hydroxylation is 1. The number of amides is 2. The molecule has 2 amide bonds. The van der Waals surface area contributed by atoms with E-state index in [0.717, 1.165) is 11.1 Å². The minimum absolute atomic E-state index is 0.221. The Labute approximate surface area is 219 Å². The number of hydrogen-bond acceptors (Lipinski definition) is 6. The molecule has 1 aliphatic heterocycles. The predicted octanol–water partition coefficient (Wildman–Crippen LogP) is 4.48. The van der Waals surface area contributed by atoms with E-state index in [0.29, 0.717) is 32.2 Å². The van der Waals surface area contributed by atoms with Gasteiger partial charge in [-0.3, -0.25) is 9.80 Å². The van der Waals surface area contributed by atoms with Crippen LogP contribution in [-0.4, -0.2) is 58.7 Å². The van der Waals surface area contributed by atoms with Crippen LogP contribution in [0.15, 0.2) is 60.7 Å². The second-order valence-corrected chi connectivity index (χ2v) is 10.2. The fourth-order valence-electron chi connectivity index (χ4n) is 4.32. The number of likely N-dealkylation sites (tertiary alicyclic amines) is 1. The van der Waals surface area contributed by atoms with E-state index in [9.17, 15) is 14.4 Å². The average Bonchev–Trinajstić information content (AvgIpc) is 3.36. The van der Waals surface area contributed by atoms with Gasteiger partial charge in [-0.15, -0.1) is 0 Å². The normalized spacial score (nSPS) is 16.2. The van der Waals surface area contributed by atoms with Gasteiger partial charge < -0.3 is 14.4 Å². The Morgan fingerprint density at radius 1 is 1.03 bits per heavy atom. The smallest absolute Gasteiger partial charge is 0.335 e. The highest BCUT2D eigenvalue weighted by Crippen LogP contribution is 2.23. The third-order valence-corrected chi connectivity index (χ3v) is 6.04. The summed E-state index contributed by atoms with van der Waals surface area (Å²) in [7, 11) is 0. The molecular weight excluding hydrogens is 470 g/mol. The monoisotopic (exact) mass is 509 g/mol. The van der Waals surface area contributed by atoms with E-state index < -0.39 is 29.6 Å². The van der Waals surface area contributed by atoms with Gasteiger partial charge in [-0.05, 0) is 64.5 Å². The van der Waals surface area contributed by atoms with Crippen LogP contribution in [0.2, 0.25) is 0 Å². The van der Waals surface area contributed by atoms with Gasteiger partial charge in [0.05, 0.1) is 13.2 Å². The first kappa shape index (κ1) is 28.2. The molecule has 0 radical (unpaired) electrons. The Morgan fingerprint density at radius 2 is 1.65 bits per heavy atom. The van der Waals surface area contributed by atoms with Crippen LogP contribution in [0.3, 0.4) is 0 Å². The number of nitrogens with one attached hydrogen (secondary N) is 1. The van der Waals surface area contributed by atoms with Gasteiger partial charge in [0.15, 0.2) is 0 Å². The second kappa shape index (κ2) is 13.2. The van der Waals surface area contributed by atoms with Crippen molar-refractivity contribution in [3.8, 4) is 0 Å². The van der Waals surface area contributed by atoms with Crippen molar-refractivity contribution in [1.82, 2.24) is 15.3 Å². The molecule has 3 rings (SSSR count). The van der Waals surface area contributed by atoms with Gasteiger partial charge in [0, 0.05) is 6.54 Å². The first-order valence-electron chi connectivity index (χ1n) is 13.0. The molecule has 8 nitrogen and oxygen atoms in total. The third kappa shape index (κ3) is 8.60. The summed E-state index contributed by atoms with van der Waals surface area (Å²) >= 11 is 0. The van der Waals surface area contributed by atoms with Crippen LogP contribution in [0.1, 0.15) is 58.1 Å². The first-order chi connectivity index (χ1) is 17.7. The zero-order valence-corrected chi connectivity index (χ0v) is 22.3. The maximum atomic E-state index is 13.9. The summed E-state index contributed by atoms with van der Waals surface area (Å²) in [6.45, 7) is 8.09. The van der Waals surface area contributed by atoms with Crippen molar-refractivity contribution in [2.75, 3.05) is 13.2 Å². The number of esters is 2. The first-order valence-corrected chi connectivity index (χ1v) is 13.0. The lowest BCUT2D eigenvalue weighted by molar-refractivity contribution is -0.159. The molecule has 2 aromatic rings. The van der Waals surface area contributed by atoms with Gasteiger partial charge >= 0.3 is 18.0 Å². The maximum Gasteiger partial charge on any atom is 0.335 e. The van der Waals surface area contributed by atoms with E-state index in [2.05, 4.69) is 5.43 Å². The summed E-state index contributed by atoms with van der Waals surface area (Å²) in [5.41, 5.74) is 4.49. The summed E-state index contributed by atoms with van der Waals surface area (Å²) in [6, 6.07) is 17.6. The van der Waals surface area contributed by atoms with E-state index in [1.807, 2.05) is 81.4 Å². The highest BCUT2D eigenvalue weighted by atomic mass is 16.6. The number of hydrogen-bond donors (Lipinski definition) is 1. The molecule has 1 fully saturated rings. The van der Waals surface area contributed by atoms with Gasteiger partial charge in [-0.2, -0.15) is 0 Å². The predicted molar refractivity (Wildman–Crippen MR) is 141 cm³/mol. The number of ether oxygens (including phenoxy) is 2. The molecule has 0 saturated carbocycles. The van der Waals surface area contributed by atoms with Crippen molar-refractivity contribution in [2.24, 2.45) is 0 Å². The quantitative estimate of drug-likeness (QED) is 0.375. The van der Waals surface area contributed by atoms with E-state index in [1.165, 1.54) is 5.01 Å². The van der Waals surface area contributed by atoms with Crippen molar-refractivity contribution < 1.29 is 23.9 Å². The number of urea groups is 1. The molecule has 1 saturated heterocycles. The van der Waals surface area contributed by atoms with Crippen molar-refractivity contribution in [3.05, 3.63) is 71.8 Å². The Balaban J connectivity index is 1.83. The molecule has 1 N–H and O–H groups in total. The lowest BCUT2D eigenvalue weighted by Crippen LogP contribution is -2.57. The molecular formula is C29H39N3O5. The van der Waals surface area contributed by atoms with Gasteiger partial charge in [-0.1, -0.05) is 60.7 Å². The molecule has 1 heterocycles. The lowest BCUT2D eigenvalue weighted by Gasteiger charge is -2.34. The van der Waals surface area contributed by atoms with E-state index in [1.54, 1.807) is 11.8 Å². The van der Waals surface area contributed by atoms with Crippen molar-refractivity contribution in [3.63, 3.8) is 0 Å². The molecule has 0 bridgehead atoms. The molecule has 0 spiro atoms. The fraction of sp³-hybridized carbons (Fsp3) is 0.483. The Morgan fingerprint density at radius 3 is 2.24 bits per heavy atom. The van der Waals surface area contributed by atoms with Gasteiger partial charge in [-0.25, -0.2) is 15.0 Å². The molecule has 0 aromatic heterocycles. The Hall–Kier alpha value is -3.39. The lowest BCUT2D eigenvalue weighted by atomic mass is 10.1. The largest absolute Gasteiger partial charge is 0.465 e. The Bertz CT molecular complexity index is 1020. The van der Waals surface area contributed by atoms with E-state index >= 15 is 0 Å². The molecule has 2 atom stereocenters. The highest BCUT2D eigenvalue weighted by Gasteiger charge is 2.39. The molecule has 1 unspecified atom stereocenters. The number of hydrazine groups is 1. The van der Waals surface area contributed by atoms with E-state index in [4.69, 9.17) is 9.47 Å². The summed E-state index contributed by atoms with van der Waals surface area (Å²) in [5.74, 6) is -0.835. The summed E-state index contributed by atoms with van der Waals surface area (Å²) in [6.07, 6.45) is 2.31. The van der Waals surface area contributed by atoms with Gasteiger partial charge in [0.1, 0.15) is 17.7 Å². The minimum Gasteiger partial charge on any atom is -0.465 e. The fourth-order valence-corrected chi connectivity index (χ4v) is 4.32. The van der Waals surface area contributed by atoms with Crippen molar-refractivity contribution >= 4 is 18.0 Å². The van der Waals surface area contributed by atoms with Crippen LogP contribution in [-0.2, 0) is 32.0 Å². The number of carbonyl (C=O) groups excluding carboxylic acids is 3. The molecule has 37 heavy (non-hydrogen) atoms. The van der Waals surface area contributed by atoms with Gasteiger partial charge in [0.25, 0.3) is 0 Å². The topological polar surface area (TPSA) is 88.2 Å². The van der Waals surface area contributed by atoms with Gasteiger partial charge in [0.2, 0.25) is 0 Å². The number of benzene rings is 2. The van der Waals surface area contributed by atoms with Crippen LogP contribution in [0.5, 0.6) is 0 Å². The highest BCUT2D eigenvalue weighted by molar-refractivity contribution is 5.85. The summed E-state index contributed by atoms with van der Waals surface area (Å²) in [4.78, 5) is 41.2. The molecule has 200 valence electrons. The van der Waals surface area contributed by atoms with Crippen LogP contribution in [0, 0.1) is 0 Å². The maximum absolute atomic E-state index is 13.9. The van der Waals surface area contributed by atoms with Crippen molar-refractivity contribution in [2.45, 2.75) is 77.6 Å². The molecule has 2 aromatic carbocycles. The zero-order chi connectivity index (χ0) is 26.8. The second-order valence-electron chi connectivity index (χ2n) is 10.2. The van der Waals surface area contributed by atoms with Crippen LogP contribution < -0.4 is 5.43 Å². The standard InChI is InChI=1S/C29H39N3O5/c1-5-36-26(33)24(19-18-22-13-8-6-9-14-22)30-32(21-23-15-10-7-11-16-23)28(35)31-20-12-17-25(31)27(34)37-29(2,3)4/h6-11,13-16,24-25,30H,5,12,17-21H2,1-4H3/t24?,25-/m0/s1. The zero-order valence-electron chi connectivity index (χ0n) is 22.3. The average molecular weight is 510 g/mol. The van der Waals surface area contributed by atoms with Crippen molar-refractivity contribution in [1.29, 1.82) is 0 Å². The molecule has 8 heteroatoms. The third-order valence-electron chi connectivity index (χ3n) is 6.04. The van der Waals surface area contributed by atoms with Crippen LogP contribution in [0.25, 0.3) is 0 Å². The Kier molecular flexibility index (Phi) is 10.1. The number of carbonyl (C=O) groups is 3. The number of rotatable bonds is 10. The SMILES string of the molecule is CCOC(=O)C(CCc1ccccc1)NN(Cc1ccccc1)C(=O)N1CCC[C@H]1C(=O)OC(C)(C)C. The van der Waals surface area contributed by atoms with E-state index in [-0.39, 0.29) is 19.2 Å². The molecule has 0 aliphatic carbocycles. The summed E-state index contributed by atoms with van der Waals surface area (Å²) in [5, 5.41) is 1.44. The number of nitrogens with zero attached hydrogens (tertiary/aromatic N) is 2.